The Morgan fingerprint density at radius 2 is 1.91 bits per heavy atom. The normalized spacial score (nSPS) is 30.3. The van der Waals surface area contributed by atoms with Crippen molar-refractivity contribution in [2.45, 2.75) is 58.8 Å². The van der Waals surface area contributed by atoms with Gasteiger partial charge in [-0.05, 0) is 13.8 Å². The summed E-state index contributed by atoms with van der Waals surface area (Å²) in [4.78, 5) is 29.6. The summed E-state index contributed by atoms with van der Waals surface area (Å²) in [6.07, 6.45) is -1.29. The first-order chi connectivity index (χ1) is 10.3. The van der Waals surface area contributed by atoms with E-state index < -0.39 is 29.7 Å². The molecule has 0 aromatic carbocycles. The molecular weight excluding hydrogens is 290 g/mol. The molecule has 0 bridgehead atoms. The van der Waals surface area contributed by atoms with Crippen LogP contribution in [-0.4, -0.2) is 48.7 Å². The van der Waals surface area contributed by atoms with Crippen molar-refractivity contribution in [1.29, 1.82) is 0 Å². The van der Waals surface area contributed by atoms with Crippen molar-refractivity contribution >= 4 is 17.7 Å². The quantitative estimate of drug-likeness (QED) is 0.564. The Morgan fingerprint density at radius 3 is 2.41 bits per heavy atom. The van der Waals surface area contributed by atoms with Gasteiger partial charge < -0.3 is 19.0 Å². The highest BCUT2D eigenvalue weighted by molar-refractivity contribution is 5.98. The van der Waals surface area contributed by atoms with Crippen LogP contribution in [0.2, 0.25) is 0 Å². The third-order valence-corrected chi connectivity index (χ3v) is 3.71. The zero-order chi connectivity index (χ0) is 16.5. The molecule has 0 aromatic rings. The van der Waals surface area contributed by atoms with Crippen molar-refractivity contribution < 1.29 is 28.6 Å². The molecule has 0 aliphatic carbocycles. The molecule has 1 fully saturated rings. The van der Waals surface area contributed by atoms with Gasteiger partial charge in [-0.2, -0.15) is 0 Å². The minimum absolute atomic E-state index is 0.214. The highest BCUT2D eigenvalue weighted by Gasteiger charge is 2.68. The first-order valence-corrected chi connectivity index (χ1v) is 7.51. The van der Waals surface area contributed by atoms with Crippen molar-refractivity contribution in [1.82, 2.24) is 0 Å². The van der Waals surface area contributed by atoms with E-state index in [1.807, 2.05) is 20.8 Å². The summed E-state index contributed by atoms with van der Waals surface area (Å²) >= 11 is 0. The van der Waals surface area contributed by atoms with Gasteiger partial charge in [0.1, 0.15) is 6.10 Å². The van der Waals surface area contributed by atoms with E-state index in [0.717, 1.165) is 5.71 Å². The van der Waals surface area contributed by atoms with Crippen molar-refractivity contribution in [2.75, 3.05) is 13.2 Å². The number of esters is 2. The molecule has 2 rings (SSSR count). The van der Waals surface area contributed by atoms with Crippen LogP contribution >= 0.6 is 0 Å². The summed E-state index contributed by atoms with van der Waals surface area (Å²) in [5.74, 6) is -1.06. The van der Waals surface area contributed by atoms with Crippen LogP contribution in [-0.2, 0) is 28.6 Å². The second-order valence-corrected chi connectivity index (χ2v) is 6.40. The fraction of sp³-hybridized carbons (Fsp3) is 0.800. The van der Waals surface area contributed by atoms with Crippen molar-refractivity contribution in [2.24, 2.45) is 10.6 Å². The number of epoxide rings is 1. The molecule has 0 amide bonds. The summed E-state index contributed by atoms with van der Waals surface area (Å²) in [5, 5.41) is 4.05. The lowest BCUT2D eigenvalue weighted by Gasteiger charge is -2.24. The number of carbonyl (C=O) groups is 2. The van der Waals surface area contributed by atoms with Crippen LogP contribution in [0.3, 0.4) is 0 Å². The van der Waals surface area contributed by atoms with Crippen LogP contribution < -0.4 is 0 Å². The molecule has 2 aliphatic rings. The number of rotatable bonds is 5. The van der Waals surface area contributed by atoms with Gasteiger partial charge in [-0.3, -0.25) is 0 Å². The first kappa shape index (κ1) is 16.7. The Morgan fingerprint density at radius 1 is 1.27 bits per heavy atom. The molecule has 7 nitrogen and oxygen atoms in total. The summed E-state index contributed by atoms with van der Waals surface area (Å²) in [7, 11) is 0. The average molecular weight is 313 g/mol. The minimum atomic E-state index is -1.39. The first-order valence-electron chi connectivity index (χ1n) is 7.51. The van der Waals surface area contributed by atoms with Gasteiger partial charge >= 0.3 is 11.9 Å². The Hall–Kier alpha value is -1.63. The summed E-state index contributed by atoms with van der Waals surface area (Å²) in [6.45, 7) is 9.83. The molecule has 22 heavy (non-hydrogen) atoms. The number of oxime groups is 1. The Labute approximate surface area is 129 Å². The standard InChI is InChI=1S/C15H23NO6/c1-6-19-12(17)10-11(21-10)15(13(18)20-7-2)8-9(16-22-15)14(3,4)5/h10-11H,6-8H2,1-5H3. The van der Waals surface area contributed by atoms with Gasteiger partial charge in [0.05, 0.1) is 18.9 Å². The molecule has 3 atom stereocenters. The monoisotopic (exact) mass is 313 g/mol. The zero-order valence-electron chi connectivity index (χ0n) is 13.7. The predicted octanol–water partition coefficient (Wildman–Crippen LogP) is 1.44. The maximum Gasteiger partial charge on any atom is 0.356 e. The van der Waals surface area contributed by atoms with Crippen LogP contribution in [0.15, 0.2) is 5.16 Å². The van der Waals surface area contributed by atoms with Crippen LogP contribution in [0.5, 0.6) is 0 Å². The molecule has 2 aliphatic heterocycles. The molecular formula is C15H23NO6. The van der Waals surface area contributed by atoms with Gasteiger partial charge in [0, 0.05) is 11.8 Å². The second-order valence-electron chi connectivity index (χ2n) is 6.40. The lowest BCUT2D eigenvalue weighted by Crippen LogP contribution is -2.48. The third kappa shape index (κ3) is 2.95. The van der Waals surface area contributed by atoms with E-state index >= 15 is 0 Å². The molecule has 124 valence electrons. The van der Waals surface area contributed by atoms with Gasteiger partial charge in [0.2, 0.25) is 0 Å². The van der Waals surface area contributed by atoms with E-state index in [1.165, 1.54) is 0 Å². The number of hydrogen-bond acceptors (Lipinski definition) is 7. The number of nitrogens with zero attached hydrogens (tertiary/aromatic N) is 1. The molecule has 0 spiro atoms. The van der Waals surface area contributed by atoms with Crippen molar-refractivity contribution in [3.8, 4) is 0 Å². The highest BCUT2D eigenvalue weighted by atomic mass is 16.7. The van der Waals surface area contributed by atoms with Gasteiger partial charge in [0.15, 0.2) is 6.10 Å². The molecule has 0 aromatic heterocycles. The summed E-state index contributed by atoms with van der Waals surface area (Å²) < 4.78 is 15.4. The molecule has 1 saturated heterocycles. The Balaban J connectivity index is 2.17. The maximum atomic E-state index is 12.4. The molecule has 0 N–H and O–H groups in total. The summed E-state index contributed by atoms with van der Waals surface area (Å²) in [5.41, 5.74) is -0.905. The smallest absolute Gasteiger partial charge is 0.356 e. The average Bonchev–Trinajstić information content (AvgIpc) is 3.10. The van der Waals surface area contributed by atoms with Gasteiger partial charge in [-0.25, -0.2) is 9.59 Å². The fourth-order valence-electron chi connectivity index (χ4n) is 2.35. The summed E-state index contributed by atoms with van der Waals surface area (Å²) in [6, 6.07) is 0. The lowest BCUT2D eigenvalue weighted by molar-refractivity contribution is -0.171. The van der Waals surface area contributed by atoms with Crippen LogP contribution in [0.1, 0.15) is 41.0 Å². The van der Waals surface area contributed by atoms with E-state index in [4.69, 9.17) is 19.0 Å². The predicted molar refractivity (Wildman–Crippen MR) is 77.3 cm³/mol. The highest BCUT2D eigenvalue weighted by Crippen LogP contribution is 2.44. The van der Waals surface area contributed by atoms with Crippen molar-refractivity contribution in [3.05, 3.63) is 0 Å². The molecule has 0 saturated carbocycles. The van der Waals surface area contributed by atoms with Gasteiger partial charge in [-0.15, -0.1) is 0 Å². The SMILES string of the molecule is CCOC(=O)C1OC1C1(C(=O)OCC)CC(C(C)(C)C)=NO1. The zero-order valence-corrected chi connectivity index (χ0v) is 13.7. The minimum Gasteiger partial charge on any atom is -0.464 e. The van der Waals surface area contributed by atoms with Gasteiger partial charge in [0.25, 0.3) is 5.60 Å². The number of carbonyl (C=O) groups excluding carboxylic acids is 2. The third-order valence-electron chi connectivity index (χ3n) is 3.71. The van der Waals surface area contributed by atoms with E-state index in [1.54, 1.807) is 13.8 Å². The largest absolute Gasteiger partial charge is 0.464 e. The Kier molecular flexibility index (Phi) is 4.47. The van der Waals surface area contributed by atoms with E-state index in [2.05, 4.69) is 5.16 Å². The van der Waals surface area contributed by atoms with Crippen LogP contribution in [0.25, 0.3) is 0 Å². The molecule has 3 unspecified atom stereocenters. The van der Waals surface area contributed by atoms with E-state index in [9.17, 15) is 9.59 Å². The topological polar surface area (TPSA) is 86.7 Å². The Bertz CT molecular complexity index is 495. The van der Waals surface area contributed by atoms with E-state index in [-0.39, 0.29) is 25.0 Å². The van der Waals surface area contributed by atoms with Gasteiger partial charge in [-0.1, -0.05) is 25.9 Å². The molecule has 2 heterocycles. The lowest BCUT2D eigenvalue weighted by atomic mass is 9.81. The number of ether oxygens (including phenoxy) is 3. The fourth-order valence-corrected chi connectivity index (χ4v) is 2.35. The second kappa shape index (κ2) is 5.87. The van der Waals surface area contributed by atoms with Crippen LogP contribution in [0.4, 0.5) is 0 Å². The van der Waals surface area contributed by atoms with Crippen molar-refractivity contribution in [3.63, 3.8) is 0 Å². The van der Waals surface area contributed by atoms with Crippen LogP contribution in [0, 0.1) is 5.41 Å². The molecule has 7 heteroatoms. The maximum absolute atomic E-state index is 12.4. The molecule has 0 radical (unpaired) electrons. The number of hydrogen-bond donors (Lipinski definition) is 0. The van der Waals surface area contributed by atoms with E-state index in [0.29, 0.717) is 0 Å².